The van der Waals surface area contributed by atoms with Gasteiger partial charge in [-0.25, -0.2) is 8.42 Å². The van der Waals surface area contributed by atoms with Crippen molar-refractivity contribution in [1.82, 2.24) is 0 Å². The summed E-state index contributed by atoms with van der Waals surface area (Å²) >= 11 is 0. The van der Waals surface area contributed by atoms with E-state index in [2.05, 4.69) is 0 Å². The van der Waals surface area contributed by atoms with Crippen molar-refractivity contribution in [2.75, 3.05) is 6.26 Å². The molecule has 0 unspecified atom stereocenters. The second-order valence-electron chi connectivity index (χ2n) is 2.58. The van der Waals surface area contributed by atoms with Crippen molar-refractivity contribution in [2.45, 2.75) is 18.6 Å². The highest BCUT2D eigenvalue weighted by Gasteiger charge is 2.40. The quantitative estimate of drug-likeness (QED) is 0.521. The molecule has 1 aliphatic carbocycles. The molecule has 0 aromatic rings. The summed E-state index contributed by atoms with van der Waals surface area (Å²) in [7, 11) is -2.68. The topological polar surface area (TPSA) is 34.1 Å². The van der Waals surface area contributed by atoms with Gasteiger partial charge in [0.25, 0.3) is 0 Å². The lowest BCUT2D eigenvalue weighted by Crippen LogP contribution is -2.03. The van der Waals surface area contributed by atoms with Crippen LogP contribution in [0.5, 0.6) is 0 Å². The van der Waals surface area contributed by atoms with Crippen molar-refractivity contribution in [3.63, 3.8) is 0 Å². The molecule has 8 heavy (non-hydrogen) atoms. The Morgan fingerprint density at radius 3 is 1.88 bits per heavy atom. The minimum absolute atomic E-state index is 0.0116. The van der Waals surface area contributed by atoms with E-state index in [1.165, 1.54) is 6.26 Å². The number of sulfone groups is 1. The Morgan fingerprint density at radius 2 is 1.88 bits per heavy atom. The van der Waals surface area contributed by atoms with E-state index in [0.29, 0.717) is 5.92 Å². The van der Waals surface area contributed by atoms with Crippen molar-refractivity contribution in [1.29, 1.82) is 0 Å². The molecule has 1 saturated carbocycles. The van der Waals surface area contributed by atoms with Gasteiger partial charge in [-0.1, -0.05) is 6.92 Å². The Labute approximate surface area is 49.8 Å². The maximum Gasteiger partial charge on any atom is 0.150 e. The summed E-state index contributed by atoms with van der Waals surface area (Å²) in [5.41, 5.74) is 0. The summed E-state index contributed by atoms with van der Waals surface area (Å²) in [6.07, 6.45) is 2.18. The van der Waals surface area contributed by atoms with E-state index < -0.39 is 9.84 Å². The highest BCUT2D eigenvalue weighted by molar-refractivity contribution is 7.91. The molecule has 0 amide bonds. The van der Waals surface area contributed by atoms with Gasteiger partial charge in [-0.05, 0) is 12.3 Å². The van der Waals surface area contributed by atoms with Crippen LogP contribution in [0.4, 0.5) is 0 Å². The zero-order chi connectivity index (χ0) is 6.36. The van der Waals surface area contributed by atoms with Crippen LogP contribution in [0.15, 0.2) is 0 Å². The van der Waals surface area contributed by atoms with E-state index >= 15 is 0 Å². The molecule has 0 spiro atoms. The number of hydrogen-bond acceptors (Lipinski definition) is 2. The molecule has 0 N–H and O–H groups in total. The van der Waals surface area contributed by atoms with Crippen molar-refractivity contribution in [2.24, 2.45) is 5.92 Å². The molecule has 1 rings (SSSR count). The number of hydrogen-bond donors (Lipinski definition) is 0. The second kappa shape index (κ2) is 1.47. The summed E-state index contributed by atoms with van der Waals surface area (Å²) in [6.45, 7) is 1.96. The summed E-state index contributed by atoms with van der Waals surface area (Å²) < 4.78 is 21.2. The first kappa shape index (κ1) is 6.08. The van der Waals surface area contributed by atoms with E-state index in [1.54, 1.807) is 0 Å². The number of rotatable bonds is 1. The molecule has 0 heterocycles. The highest BCUT2D eigenvalue weighted by atomic mass is 32.2. The third-order valence-electron chi connectivity index (χ3n) is 1.59. The molecule has 0 bridgehead atoms. The third-order valence-corrected chi connectivity index (χ3v) is 3.34. The normalized spacial score (nSPS) is 37.2. The molecular weight excluding hydrogens is 124 g/mol. The van der Waals surface area contributed by atoms with Gasteiger partial charge in [0.1, 0.15) is 0 Å². The largest absolute Gasteiger partial charge is 0.229 e. The maximum atomic E-state index is 10.6. The van der Waals surface area contributed by atoms with Crippen molar-refractivity contribution in [3.8, 4) is 0 Å². The monoisotopic (exact) mass is 134 g/mol. The van der Waals surface area contributed by atoms with Gasteiger partial charge in [0.2, 0.25) is 0 Å². The lowest BCUT2D eigenvalue weighted by atomic mass is 10.5. The van der Waals surface area contributed by atoms with Crippen LogP contribution in [0, 0.1) is 5.92 Å². The highest BCUT2D eigenvalue weighted by Crippen LogP contribution is 2.35. The fourth-order valence-corrected chi connectivity index (χ4v) is 2.38. The second-order valence-corrected chi connectivity index (χ2v) is 4.85. The van der Waals surface area contributed by atoms with Crippen LogP contribution in [0.2, 0.25) is 0 Å². The Hall–Kier alpha value is -0.0500. The zero-order valence-electron chi connectivity index (χ0n) is 5.09. The van der Waals surface area contributed by atoms with Gasteiger partial charge in [-0.3, -0.25) is 0 Å². The van der Waals surface area contributed by atoms with Crippen molar-refractivity contribution >= 4 is 9.84 Å². The van der Waals surface area contributed by atoms with Gasteiger partial charge < -0.3 is 0 Å². The average molecular weight is 134 g/mol. The molecule has 0 aliphatic heterocycles. The molecule has 0 radical (unpaired) electrons. The lowest BCUT2D eigenvalue weighted by molar-refractivity contribution is 0.599. The Kier molecular flexibility index (Phi) is 1.11. The summed E-state index contributed by atoms with van der Waals surface area (Å²) in [5.74, 6) is 0.421. The van der Waals surface area contributed by atoms with Crippen LogP contribution in [0.25, 0.3) is 0 Å². The Bertz CT molecular complexity index is 181. The molecule has 1 aliphatic rings. The molecule has 3 heteroatoms. The molecular formula is C5H10O2S. The van der Waals surface area contributed by atoms with Crippen LogP contribution < -0.4 is 0 Å². The standard InChI is InChI=1S/C5H10O2S/c1-4-3-5(4)8(2,6)7/h4-5H,3H2,1-2H3/t4-,5-/m0/s1. The molecule has 0 saturated heterocycles. The smallest absolute Gasteiger partial charge is 0.150 e. The van der Waals surface area contributed by atoms with E-state index in [9.17, 15) is 8.42 Å². The van der Waals surface area contributed by atoms with Gasteiger partial charge in [-0.2, -0.15) is 0 Å². The Morgan fingerprint density at radius 1 is 1.50 bits per heavy atom. The molecule has 2 atom stereocenters. The molecule has 0 aromatic heterocycles. The fourth-order valence-electron chi connectivity index (χ4n) is 0.885. The minimum Gasteiger partial charge on any atom is -0.229 e. The predicted molar refractivity (Wildman–Crippen MR) is 32.4 cm³/mol. The molecule has 1 fully saturated rings. The average Bonchev–Trinajstić information content (AvgIpc) is 2.13. The van der Waals surface area contributed by atoms with Crippen LogP contribution in [0.3, 0.4) is 0 Å². The molecule has 0 aromatic carbocycles. The third kappa shape index (κ3) is 1.02. The van der Waals surface area contributed by atoms with Gasteiger partial charge in [0.15, 0.2) is 9.84 Å². The predicted octanol–water partition coefficient (Wildman–Crippen LogP) is 0.439. The lowest BCUT2D eigenvalue weighted by Gasteiger charge is -1.87. The SMILES string of the molecule is C[C@H]1C[C@@H]1S(C)(=O)=O. The first-order valence-electron chi connectivity index (χ1n) is 2.70. The van der Waals surface area contributed by atoms with Crippen LogP contribution in [-0.4, -0.2) is 19.9 Å². The summed E-state index contributed by atoms with van der Waals surface area (Å²) in [5, 5.41) is -0.0116. The van der Waals surface area contributed by atoms with Crippen LogP contribution in [0.1, 0.15) is 13.3 Å². The zero-order valence-corrected chi connectivity index (χ0v) is 5.90. The van der Waals surface area contributed by atoms with E-state index in [1.807, 2.05) is 6.92 Å². The van der Waals surface area contributed by atoms with Gasteiger partial charge in [-0.15, -0.1) is 0 Å². The Balaban J connectivity index is 2.66. The van der Waals surface area contributed by atoms with Gasteiger partial charge >= 0.3 is 0 Å². The van der Waals surface area contributed by atoms with Gasteiger partial charge in [0, 0.05) is 6.26 Å². The summed E-state index contributed by atoms with van der Waals surface area (Å²) in [4.78, 5) is 0. The van der Waals surface area contributed by atoms with E-state index in [-0.39, 0.29) is 5.25 Å². The molecule has 48 valence electrons. The summed E-state index contributed by atoms with van der Waals surface area (Å²) in [6, 6.07) is 0. The first-order chi connectivity index (χ1) is 3.52. The van der Waals surface area contributed by atoms with Crippen LogP contribution in [-0.2, 0) is 9.84 Å². The van der Waals surface area contributed by atoms with Gasteiger partial charge in [0.05, 0.1) is 5.25 Å². The van der Waals surface area contributed by atoms with E-state index in [4.69, 9.17) is 0 Å². The van der Waals surface area contributed by atoms with Crippen LogP contribution >= 0.6 is 0 Å². The fraction of sp³-hybridized carbons (Fsp3) is 1.00. The molecule has 2 nitrogen and oxygen atoms in total. The van der Waals surface area contributed by atoms with E-state index in [0.717, 1.165) is 6.42 Å². The maximum absolute atomic E-state index is 10.6. The van der Waals surface area contributed by atoms with Crippen molar-refractivity contribution in [3.05, 3.63) is 0 Å². The van der Waals surface area contributed by atoms with Crippen molar-refractivity contribution < 1.29 is 8.42 Å². The first-order valence-corrected chi connectivity index (χ1v) is 4.66. The minimum atomic E-state index is -2.68.